The maximum atomic E-state index is 13.0. The van der Waals surface area contributed by atoms with E-state index in [1.807, 2.05) is 0 Å². The van der Waals surface area contributed by atoms with Crippen molar-refractivity contribution in [3.63, 3.8) is 0 Å². The van der Waals surface area contributed by atoms with Gasteiger partial charge in [-0.2, -0.15) is 0 Å². The second kappa shape index (κ2) is 4.52. The van der Waals surface area contributed by atoms with Gasteiger partial charge in [0, 0.05) is 0 Å². The Kier molecular flexibility index (Phi) is 3.60. The number of halogens is 3. The Morgan fingerprint density at radius 2 is 2.14 bits per heavy atom. The largest absolute Gasteiger partial charge is 0.461 e. The van der Waals surface area contributed by atoms with E-state index in [4.69, 9.17) is 23.2 Å². The smallest absolute Gasteiger partial charge is 0.360 e. The zero-order chi connectivity index (χ0) is 10.7. The van der Waals surface area contributed by atoms with Gasteiger partial charge in [0.2, 0.25) is 0 Å². The molecule has 0 saturated carbocycles. The molecule has 0 bridgehead atoms. The van der Waals surface area contributed by atoms with E-state index in [2.05, 4.69) is 14.9 Å². The van der Waals surface area contributed by atoms with Crippen molar-refractivity contribution in [1.82, 2.24) is 10.2 Å². The van der Waals surface area contributed by atoms with Crippen LogP contribution in [0.5, 0.6) is 0 Å². The third-order valence-corrected chi connectivity index (χ3v) is 1.87. The molecule has 0 N–H and O–H groups in total. The summed E-state index contributed by atoms with van der Waals surface area (Å²) in [5, 5.41) is 5.56. The molecule has 0 atom stereocenters. The zero-order valence-electron chi connectivity index (χ0n) is 7.05. The summed E-state index contributed by atoms with van der Waals surface area (Å²) in [6.07, 6.45) is 0. The highest BCUT2D eigenvalue weighted by atomic mass is 35.5. The number of aromatic nitrogens is 2. The summed E-state index contributed by atoms with van der Waals surface area (Å²) in [5.74, 6) is -1.81. The molecule has 0 saturated heterocycles. The van der Waals surface area contributed by atoms with Crippen LogP contribution in [0.1, 0.15) is 17.4 Å². The van der Waals surface area contributed by atoms with Crippen LogP contribution in [0.15, 0.2) is 0 Å². The Morgan fingerprint density at radius 3 is 2.71 bits per heavy atom. The minimum Gasteiger partial charge on any atom is -0.461 e. The van der Waals surface area contributed by atoms with Crippen LogP contribution in [-0.4, -0.2) is 22.8 Å². The van der Waals surface area contributed by atoms with Crippen LogP contribution in [0.25, 0.3) is 0 Å². The fourth-order valence-electron chi connectivity index (χ4n) is 0.706. The molecule has 7 heteroatoms. The predicted molar refractivity (Wildman–Crippen MR) is 48.0 cm³/mol. The fourth-order valence-corrected chi connectivity index (χ4v) is 1.09. The molecule has 0 aliphatic carbocycles. The van der Waals surface area contributed by atoms with E-state index >= 15 is 0 Å². The van der Waals surface area contributed by atoms with Crippen molar-refractivity contribution in [3.8, 4) is 0 Å². The number of carbonyl (C=O) groups is 1. The summed E-state index contributed by atoms with van der Waals surface area (Å²) in [4.78, 5) is 11.1. The SMILES string of the molecule is CCOC(=O)c1nnc(Cl)c(F)c1Cl. The molecule has 1 heterocycles. The summed E-state index contributed by atoms with van der Waals surface area (Å²) in [6.45, 7) is 1.74. The van der Waals surface area contributed by atoms with Crippen molar-refractivity contribution >= 4 is 29.2 Å². The molecule has 0 aliphatic heterocycles. The lowest BCUT2D eigenvalue weighted by Gasteiger charge is -2.02. The molecular formula is C7H5Cl2FN2O2. The molecular weight excluding hydrogens is 234 g/mol. The Hall–Kier alpha value is -0.940. The van der Waals surface area contributed by atoms with Gasteiger partial charge >= 0.3 is 5.97 Å². The minimum atomic E-state index is -0.980. The van der Waals surface area contributed by atoms with E-state index in [9.17, 15) is 9.18 Å². The first-order chi connectivity index (χ1) is 6.57. The Morgan fingerprint density at radius 1 is 1.50 bits per heavy atom. The van der Waals surface area contributed by atoms with Gasteiger partial charge in [-0.15, -0.1) is 10.2 Å². The number of rotatable bonds is 2. The Balaban J connectivity index is 3.11. The molecule has 0 aromatic carbocycles. The third-order valence-electron chi connectivity index (χ3n) is 1.29. The van der Waals surface area contributed by atoms with Crippen molar-refractivity contribution < 1.29 is 13.9 Å². The van der Waals surface area contributed by atoms with Gasteiger partial charge in [0.25, 0.3) is 0 Å². The second-order valence-corrected chi connectivity index (χ2v) is 2.92. The van der Waals surface area contributed by atoms with Crippen LogP contribution in [0.3, 0.4) is 0 Å². The normalized spacial score (nSPS) is 10.0. The molecule has 0 aliphatic rings. The number of esters is 1. The van der Waals surface area contributed by atoms with E-state index in [1.54, 1.807) is 6.92 Å². The van der Waals surface area contributed by atoms with Crippen LogP contribution in [0, 0.1) is 5.82 Å². The standard InChI is InChI=1S/C7H5Cl2FN2O2/c1-2-14-7(13)5-3(8)4(10)6(9)12-11-5/h2H2,1H3. The van der Waals surface area contributed by atoms with E-state index < -0.39 is 22.0 Å². The topological polar surface area (TPSA) is 52.1 Å². The van der Waals surface area contributed by atoms with Crippen LogP contribution in [0.4, 0.5) is 4.39 Å². The molecule has 14 heavy (non-hydrogen) atoms. The number of hydrogen-bond donors (Lipinski definition) is 0. The summed E-state index contributed by atoms with van der Waals surface area (Å²) in [6, 6.07) is 0. The van der Waals surface area contributed by atoms with E-state index in [1.165, 1.54) is 0 Å². The van der Waals surface area contributed by atoms with Gasteiger partial charge in [-0.3, -0.25) is 0 Å². The average molecular weight is 239 g/mol. The second-order valence-electron chi connectivity index (χ2n) is 2.19. The summed E-state index contributed by atoms with van der Waals surface area (Å²) in [5.41, 5.74) is -0.379. The molecule has 1 aromatic heterocycles. The summed E-state index contributed by atoms with van der Waals surface area (Å²) < 4.78 is 17.6. The molecule has 1 aromatic rings. The van der Waals surface area contributed by atoms with Crippen LogP contribution in [0.2, 0.25) is 10.2 Å². The van der Waals surface area contributed by atoms with Gasteiger partial charge < -0.3 is 4.74 Å². The van der Waals surface area contributed by atoms with Gasteiger partial charge in [-0.05, 0) is 6.92 Å². The molecule has 76 valence electrons. The van der Waals surface area contributed by atoms with E-state index in [0.717, 1.165) is 0 Å². The van der Waals surface area contributed by atoms with Gasteiger partial charge in [-0.25, -0.2) is 9.18 Å². The van der Waals surface area contributed by atoms with Crippen LogP contribution < -0.4 is 0 Å². The fraction of sp³-hybridized carbons (Fsp3) is 0.286. The average Bonchev–Trinajstić information content (AvgIpc) is 2.15. The van der Waals surface area contributed by atoms with Crippen molar-refractivity contribution in [3.05, 3.63) is 21.7 Å². The van der Waals surface area contributed by atoms with Gasteiger partial charge in [0.15, 0.2) is 16.7 Å². The maximum Gasteiger partial charge on any atom is 0.360 e. The Bertz CT molecular complexity index is 373. The quantitative estimate of drug-likeness (QED) is 0.741. The lowest BCUT2D eigenvalue weighted by Crippen LogP contribution is -2.10. The monoisotopic (exact) mass is 238 g/mol. The first-order valence-corrected chi connectivity index (χ1v) is 4.37. The molecule has 0 radical (unpaired) electrons. The highest BCUT2D eigenvalue weighted by Crippen LogP contribution is 2.22. The Labute approximate surface area is 89.0 Å². The number of nitrogens with zero attached hydrogens (tertiary/aromatic N) is 2. The third kappa shape index (κ3) is 2.10. The van der Waals surface area contributed by atoms with Crippen molar-refractivity contribution in [2.75, 3.05) is 6.61 Å². The van der Waals surface area contributed by atoms with Gasteiger partial charge in [0.1, 0.15) is 5.02 Å². The molecule has 0 fully saturated rings. The zero-order valence-corrected chi connectivity index (χ0v) is 8.56. The van der Waals surface area contributed by atoms with Crippen molar-refractivity contribution in [1.29, 1.82) is 0 Å². The lowest BCUT2D eigenvalue weighted by atomic mass is 10.4. The molecule has 1 rings (SSSR count). The van der Waals surface area contributed by atoms with E-state index in [0.29, 0.717) is 0 Å². The molecule has 0 amide bonds. The summed E-state index contributed by atoms with van der Waals surface area (Å²) >= 11 is 10.7. The molecule has 0 spiro atoms. The van der Waals surface area contributed by atoms with Crippen molar-refractivity contribution in [2.45, 2.75) is 6.92 Å². The maximum absolute atomic E-state index is 13.0. The lowest BCUT2D eigenvalue weighted by molar-refractivity contribution is 0.0517. The van der Waals surface area contributed by atoms with Gasteiger partial charge in [0.05, 0.1) is 6.61 Å². The number of hydrogen-bond acceptors (Lipinski definition) is 4. The van der Waals surface area contributed by atoms with E-state index in [-0.39, 0.29) is 12.3 Å². The number of carbonyl (C=O) groups excluding carboxylic acids is 1. The van der Waals surface area contributed by atoms with Crippen LogP contribution >= 0.6 is 23.2 Å². The first kappa shape index (κ1) is 11.1. The molecule has 0 unspecified atom stereocenters. The molecule has 4 nitrogen and oxygen atoms in total. The number of ether oxygens (including phenoxy) is 1. The van der Waals surface area contributed by atoms with Crippen LogP contribution in [-0.2, 0) is 4.74 Å². The minimum absolute atomic E-state index is 0.140. The first-order valence-electron chi connectivity index (χ1n) is 3.62. The predicted octanol–water partition coefficient (Wildman–Crippen LogP) is 2.10. The highest BCUT2D eigenvalue weighted by molar-refractivity contribution is 6.35. The van der Waals surface area contributed by atoms with Crippen molar-refractivity contribution in [2.24, 2.45) is 0 Å². The highest BCUT2D eigenvalue weighted by Gasteiger charge is 2.20. The summed E-state index contributed by atoms with van der Waals surface area (Å²) in [7, 11) is 0. The van der Waals surface area contributed by atoms with Gasteiger partial charge in [-0.1, -0.05) is 23.2 Å².